The normalized spacial score (nSPS) is 16.9. The van der Waals surface area contributed by atoms with Gasteiger partial charge in [0.2, 0.25) is 0 Å². The molecule has 0 fully saturated rings. The van der Waals surface area contributed by atoms with E-state index in [0.717, 1.165) is 56.2 Å². The Morgan fingerprint density at radius 2 is 1.91 bits per heavy atom. The molecule has 0 saturated carbocycles. The summed E-state index contributed by atoms with van der Waals surface area (Å²) in [7, 11) is 0. The van der Waals surface area contributed by atoms with E-state index in [1.165, 1.54) is 35.4 Å². The van der Waals surface area contributed by atoms with Crippen LogP contribution in [0.3, 0.4) is 0 Å². The van der Waals surface area contributed by atoms with Crippen molar-refractivity contribution in [3.63, 3.8) is 0 Å². The summed E-state index contributed by atoms with van der Waals surface area (Å²) in [6.07, 6.45) is 8.60. The van der Waals surface area contributed by atoms with E-state index in [2.05, 4.69) is 21.8 Å². The fourth-order valence-corrected chi connectivity index (χ4v) is 3.65. The largest absolute Gasteiger partial charge is 0.350 e. The van der Waals surface area contributed by atoms with Crippen molar-refractivity contribution >= 4 is 5.82 Å². The second-order valence-corrected chi connectivity index (χ2v) is 6.51. The number of aryl methyl sites for hydroxylation is 3. The zero-order chi connectivity index (χ0) is 15.8. The summed E-state index contributed by atoms with van der Waals surface area (Å²) >= 11 is 0. The Labute approximate surface area is 137 Å². The second kappa shape index (κ2) is 5.87. The molecule has 5 heteroatoms. The van der Waals surface area contributed by atoms with Crippen molar-refractivity contribution in [1.29, 1.82) is 0 Å². The highest BCUT2D eigenvalue weighted by atomic mass is 15.2. The lowest BCUT2D eigenvalue weighted by Gasteiger charge is -2.32. The maximum absolute atomic E-state index is 4.80. The number of aromatic nitrogens is 4. The SMILES string of the molecule is CCc1ncc2c(n1)CN(c1nc(C)nc3c1CCCC3)CC2. The van der Waals surface area contributed by atoms with E-state index in [1.54, 1.807) is 0 Å². The average Bonchev–Trinajstić information content (AvgIpc) is 2.60. The van der Waals surface area contributed by atoms with Gasteiger partial charge in [-0.2, -0.15) is 0 Å². The highest BCUT2D eigenvalue weighted by Crippen LogP contribution is 2.30. The van der Waals surface area contributed by atoms with E-state index in [0.29, 0.717) is 0 Å². The van der Waals surface area contributed by atoms with Crippen LogP contribution in [-0.2, 0) is 32.2 Å². The molecule has 2 aromatic heterocycles. The lowest BCUT2D eigenvalue weighted by Crippen LogP contribution is -2.34. The molecule has 4 rings (SSSR count). The Kier molecular flexibility index (Phi) is 3.71. The molecule has 0 N–H and O–H groups in total. The van der Waals surface area contributed by atoms with E-state index in [9.17, 15) is 0 Å². The van der Waals surface area contributed by atoms with Gasteiger partial charge >= 0.3 is 0 Å². The maximum Gasteiger partial charge on any atom is 0.136 e. The van der Waals surface area contributed by atoms with Gasteiger partial charge in [0.15, 0.2) is 0 Å². The molecule has 5 nitrogen and oxygen atoms in total. The molecule has 0 atom stereocenters. The molecule has 0 bridgehead atoms. The van der Waals surface area contributed by atoms with E-state index in [-0.39, 0.29) is 0 Å². The third-order valence-electron chi connectivity index (χ3n) is 4.88. The molecule has 120 valence electrons. The van der Waals surface area contributed by atoms with Crippen molar-refractivity contribution in [2.45, 2.75) is 58.9 Å². The molecule has 2 aromatic rings. The predicted octanol–water partition coefficient (Wildman–Crippen LogP) is 2.58. The van der Waals surface area contributed by atoms with Crippen LogP contribution in [0.2, 0.25) is 0 Å². The summed E-state index contributed by atoms with van der Waals surface area (Å²) < 4.78 is 0. The van der Waals surface area contributed by atoms with Crippen LogP contribution in [0.5, 0.6) is 0 Å². The Hall–Kier alpha value is -2.04. The molecular formula is C18H23N5. The van der Waals surface area contributed by atoms with Gasteiger partial charge in [0.05, 0.1) is 12.2 Å². The van der Waals surface area contributed by atoms with Crippen LogP contribution in [0, 0.1) is 6.92 Å². The van der Waals surface area contributed by atoms with Gasteiger partial charge in [-0.15, -0.1) is 0 Å². The fraction of sp³-hybridized carbons (Fsp3) is 0.556. The highest BCUT2D eigenvalue weighted by molar-refractivity contribution is 5.52. The summed E-state index contributed by atoms with van der Waals surface area (Å²) in [5, 5.41) is 0. The first kappa shape index (κ1) is 14.5. The van der Waals surface area contributed by atoms with Crippen molar-refractivity contribution in [2.75, 3.05) is 11.4 Å². The minimum Gasteiger partial charge on any atom is -0.350 e. The molecule has 23 heavy (non-hydrogen) atoms. The van der Waals surface area contributed by atoms with Crippen LogP contribution in [0.4, 0.5) is 5.82 Å². The van der Waals surface area contributed by atoms with Gasteiger partial charge in [-0.25, -0.2) is 19.9 Å². The minimum absolute atomic E-state index is 0.841. The topological polar surface area (TPSA) is 54.8 Å². The van der Waals surface area contributed by atoms with Crippen molar-refractivity contribution in [2.24, 2.45) is 0 Å². The number of hydrogen-bond donors (Lipinski definition) is 0. The first-order chi connectivity index (χ1) is 11.2. The van der Waals surface area contributed by atoms with Crippen molar-refractivity contribution < 1.29 is 0 Å². The molecule has 0 unspecified atom stereocenters. The predicted molar refractivity (Wildman–Crippen MR) is 89.6 cm³/mol. The molecular weight excluding hydrogens is 286 g/mol. The zero-order valence-corrected chi connectivity index (χ0v) is 14.0. The Morgan fingerprint density at radius 3 is 2.78 bits per heavy atom. The summed E-state index contributed by atoms with van der Waals surface area (Å²) in [6.45, 7) is 5.94. The van der Waals surface area contributed by atoms with Gasteiger partial charge in [-0.05, 0) is 44.6 Å². The van der Waals surface area contributed by atoms with Gasteiger partial charge in [0.25, 0.3) is 0 Å². The molecule has 1 aliphatic heterocycles. The van der Waals surface area contributed by atoms with Crippen LogP contribution in [0.15, 0.2) is 6.20 Å². The summed E-state index contributed by atoms with van der Waals surface area (Å²) in [5.74, 6) is 2.98. The van der Waals surface area contributed by atoms with Gasteiger partial charge in [-0.3, -0.25) is 0 Å². The van der Waals surface area contributed by atoms with Crippen LogP contribution < -0.4 is 4.90 Å². The molecule has 2 aliphatic rings. The van der Waals surface area contributed by atoms with Gasteiger partial charge < -0.3 is 4.90 Å². The lowest BCUT2D eigenvalue weighted by molar-refractivity contribution is 0.634. The van der Waals surface area contributed by atoms with Crippen molar-refractivity contribution in [3.05, 3.63) is 40.4 Å². The van der Waals surface area contributed by atoms with E-state index in [1.807, 2.05) is 13.1 Å². The summed E-state index contributed by atoms with van der Waals surface area (Å²) in [5.41, 5.74) is 5.10. The average molecular weight is 309 g/mol. The fourth-order valence-electron chi connectivity index (χ4n) is 3.65. The molecule has 0 aromatic carbocycles. The molecule has 3 heterocycles. The van der Waals surface area contributed by atoms with Crippen LogP contribution in [0.25, 0.3) is 0 Å². The van der Waals surface area contributed by atoms with Crippen LogP contribution in [0.1, 0.15) is 53.9 Å². The smallest absolute Gasteiger partial charge is 0.136 e. The monoisotopic (exact) mass is 309 g/mol. The van der Waals surface area contributed by atoms with E-state index >= 15 is 0 Å². The number of hydrogen-bond acceptors (Lipinski definition) is 5. The van der Waals surface area contributed by atoms with Gasteiger partial charge in [0, 0.05) is 30.4 Å². The standard InChI is InChI=1S/C18H23N5/c1-3-17-19-10-13-8-9-23(11-16(13)22-17)18-14-6-4-5-7-15(14)20-12(2)21-18/h10H,3-9,11H2,1-2H3. The van der Waals surface area contributed by atoms with Crippen molar-refractivity contribution in [3.8, 4) is 0 Å². The molecule has 0 spiro atoms. The van der Waals surface area contributed by atoms with Crippen LogP contribution >= 0.6 is 0 Å². The van der Waals surface area contributed by atoms with E-state index < -0.39 is 0 Å². The highest BCUT2D eigenvalue weighted by Gasteiger charge is 2.25. The quantitative estimate of drug-likeness (QED) is 0.853. The molecule has 1 aliphatic carbocycles. The lowest BCUT2D eigenvalue weighted by atomic mass is 9.95. The first-order valence-electron chi connectivity index (χ1n) is 8.69. The number of rotatable bonds is 2. The Morgan fingerprint density at radius 1 is 1.04 bits per heavy atom. The number of nitrogens with zero attached hydrogens (tertiary/aromatic N) is 5. The summed E-state index contributed by atoms with van der Waals surface area (Å²) in [4.78, 5) is 21.1. The van der Waals surface area contributed by atoms with Gasteiger partial charge in [0.1, 0.15) is 17.5 Å². The minimum atomic E-state index is 0.841. The maximum atomic E-state index is 4.80. The third kappa shape index (κ3) is 2.69. The molecule has 0 amide bonds. The summed E-state index contributed by atoms with van der Waals surface area (Å²) in [6, 6.07) is 0. The molecule has 0 radical (unpaired) electrons. The van der Waals surface area contributed by atoms with Gasteiger partial charge in [-0.1, -0.05) is 6.92 Å². The third-order valence-corrected chi connectivity index (χ3v) is 4.88. The number of fused-ring (bicyclic) bond motifs is 2. The first-order valence-corrected chi connectivity index (χ1v) is 8.69. The zero-order valence-electron chi connectivity index (χ0n) is 14.0. The Bertz CT molecular complexity index is 740. The van der Waals surface area contributed by atoms with Crippen molar-refractivity contribution in [1.82, 2.24) is 19.9 Å². The van der Waals surface area contributed by atoms with Crippen LogP contribution in [-0.4, -0.2) is 26.5 Å². The van der Waals surface area contributed by atoms with E-state index in [4.69, 9.17) is 9.97 Å². The Balaban J connectivity index is 1.70. The second-order valence-electron chi connectivity index (χ2n) is 6.51. The number of anilines is 1. The molecule has 0 saturated heterocycles.